The molecule has 31 heavy (non-hydrogen) atoms. The average Bonchev–Trinajstić information content (AvgIpc) is 2.68. The maximum Gasteiger partial charge on any atom is 0.174 e. The van der Waals surface area contributed by atoms with Crippen LogP contribution in [0.4, 0.5) is 0 Å². The molecule has 0 aliphatic carbocycles. The van der Waals surface area contributed by atoms with Crippen molar-refractivity contribution in [2.75, 3.05) is 0 Å². The molecule has 0 radical (unpaired) electrons. The summed E-state index contributed by atoms with van der Waals surface area (Å²) < 4.78 is 0. The fourth-order valence-corrected chi connectivity index (χ4v) is 3.99. The van der Waals surface area contributed by atoms with Crippen molar-refractivity contribution in [2.45, 2.75) is 65.2 Å². The zero-order valence-electron chi connectivity index (χ0n) is 19.8. The van der Waals surface area contributed by atoms with E-state index >= 15 is 0 Å². The number of Topliss-reactive ketones (excluding diaryl/α,β-unsaturated/α-hetero) is 1. The van der Waals surface area contributed by atoms with E-state index in [-0.39, 0.29) is 16.6 Å². The monoisotopic (exact) mass is 414 g/mol. The molecular formula is C29H34O2. The molecule has 2 nitrogen and oxygen atoms in total. The van der Waals surface area contributed by atoms with Gasteiger partial charge in [-0.15, -0.1) is 0 Å². The van der Waals surface area contributed by atoms with Gasteiger partial charge in [-0.25, -0.2) is 0 Å². The first-order chi connectivity index (χ1) is 14.4. The van der Waals surface area contributed by atoms with Gasteiger partial charge in [0, 0.05) is 5.56 Å². The van der Waals surface area contributed by atoms with Gasteiger partial charge in [0.05, 0.1) is 5.92 Å². The van der Waals surface area contributed by atoms with Crippen LogP contribution in [-0.4, -0.2) is 10.9 Å². The van der Waals surface area contributed by atoms with E-state index in [0.29, 0.717) is 11.3 Å². The van der Waals surface area contributed by atoms with Gasteiger partial charge in [0.2, 0.25) is 0 Å². The number of hydrogen-bond donors (Lipinski definition) is 1. The van der Waals surface area contributed by atoms with E-state index in [4.69, 9.17) is 0 Å². The van der Waals surface area contributed by atoms with Gasteiger partial charge in [-0.2, -0.15) is 0 Å². The van der Waals surface area contributed by atoms with Crippen molar-refractivity contribution in [1.29, 1.82) is 0 Å². The van der Waals surface area contributed by atoms with Crippen molar-refractivity contribution >= 4 is 5.78 Å². The molecule has 1 unspecified atom stereocenters. The van der Waals surface area contributed by atoms with Crippen LogP contribution < -0.4 is 0 Å². The highest BCUT2D eigenvalue weighted by atomic mass is 16.3. The van der Waals surface area contributed by atoms with Gasteiger partial charge in [0.15, 0.2) is 5.78 Å². The van der Waals surface area contributed by atoms with E-state index < -0.39 is 5.92 Å². The Labute approximate surface area is 187 Å². The summed E-state index contributed by atoms with van der Waals surface area (Å²) in [6, 6.07) is 21.8. The van der Waals surface area contributed by atoms with Crippen LogP contribution in [0.1, 0.15) is 85.6 Å². The number of ketones is 1. The number of aryl methyl sites for hydroxylation is 1. The highest BCUT2D eigenvalue weighted by molar-refractivity contribution is 6.03. The highest BCUT2D eigenvalue weighted by Gasteiger charge is 2.31. The molecule has 0 aliphatic heterocycles. The van der Waals surface area contributed by atoms with Gasteiger partial charge < -0.3 is 5.11 Å². The van der Waals surface area contributed by atoms with E-state index in [1.165, 1.54) is 0 Å². The molecule has 0 aliphatic rings. The minimum atomic E-state index is -0.438. The molecular weight excluding hydrogens is 380 g/mol. The largest absolute Gasteiger partial charge is 0.507 e. The lowest BCUT2D eigenvalue weighted by atomic mass is 9.75. The van der Waals surface area contributed by atoms with Crippen LogP contribution in [-0.2, 0) is 10.8 Å². The van der Waals surface area contributed by atoms with Crippen LogP contribution in [0, 0.1) is 6.92 Å². The summed E-state index contributed by atoms with van der Waals surface area (Å²) in [5, 5.41) is 11.1. The quantitative estimate of drug-likeness (QED) is 0.454. The van der Waals surface area contributed by atoms with Gasteiger partial charge in [-0.05, 0) is 40.0 Å². The van der Waals surface area contributed by atoms with Gasteiger partial charge >= 0.3 is 0 Å². The maximum absolute atomic E-state index is 13.8. The number of carbonyl (C=O) groups excluding carboxylic acids is 1. The fraction of sp³-hybridized carbons (Fsp3) is 0.345. The molecule has 3 aromatic carbocycles. The molecule has 162 valence electrons. The standard InChI is InChI=1S/C29H34O2/c1-19-13-15-21(16-14-19)26(30)25(20-11-9-8-10-12-20)22-17-23(28(2,3)4)27(31)24(18-22)29(5,6)7/h8-18,25,31H,1-7H3. The van der Waals surface area contributed by atoms with E-state index in [0.717, 1.165) is 27.8 Å². The van der Waals surface area contributed by atoms with Crippen molar-refractivity contribution in [3.05, 3.63) is 100 Å². The van der Waals surface area contributed by atoms with Crippen LogP contribution in [0.2, 0.25) is 0 Å². The van der Waals surface area contributed by atoms with Crippen molar-refractivity contribution < 1.29 is 9.90 Å². The molecule has 0 bridgehead atoms. The number of aromatic hydroxyl groups is 1. The van der Waals surface area contributed by atoms with Crippen molar-refractivity contribution in [2.24, 2.45) is 0 Å². The topological polar surface area (TPSA) is 37.3 Å². The van der Waals surface area contributed by atoms with Gasteiger partial charge in [0.1, 0.15) is 5.75 Å². The van der Waals surface area contributed by atoms with Crippen molar-refractivity contribution in [1.82, 2.24) is 0 Å². The van der Waals surface area contributed by atoms with E-state index in [2.05, 4.69) is 41.5 Å². The van der Waals surface area contributed by atoms with Crippen molar-refractivity contribution in [3.63, 3.8) is 0 Å². The predicted molar refractivity (Wildman–Crippen MR) is 129 cm³/mol. The Morgan fingerprint density at radius 1 is 0.742 bits per heavy atom. The lowest BCUT2D eigenvalue weighted by Crippen LogP contribution is -2.21. The van der Waals surface area contributed by atoms with E-state index in [9.17, 15) is 9.90 Å². The zero-order chi connectivity index (χ0) is 23.0. The molecule has 1 atom stereocenters. The molecule has 2 heteroatoms. The van der Waals surface area contributed by atoms with E-state index in [1.807, 2.05) is 73.7 Å². The van der Waals surface area contributed by atoms with Crippen LogP contribution in [0.3, 0.4) is 0 Å². The van der Waals surface area contributed by atoms with Crippen LogP contribution in [0.15, 0.2) is 66.7 Å². The minimum Gasteiger partial charge on any atom is -0.507 e. The maximum atomic E-state index is 13.8. The second kappa shape index (κ2) is 8.34. The number of rotatable bonds is 4. The SMILES string of the molecule is Cc1ccc(C(=O)C(c2ccccc2)c2cc(C(C)(C)C)c(O)c(C(C)(C)C)c2)cc1. The summed E-state index contributed by atoms with van der Waals surface area (Å²) in [5.74, 6) is -0.0401. The normalized spacial score (nSPS) is 13.1. The lowest BCUT2D eigenvalue weighted by molar-refractivity contribution is 0.0973. The Morgan fingerprint density at radius 3 is 1.68 bits per heavy atom. The van der Waals surface area contributed by atoms with Gasteiger partial charge in [0.25, 0.3) is 0 Å². The Morgan fingerprint density at radius 2 is 1.23 bits per heavy atom. The average molecular weight is 415 g/mol. The van der Waals surface area contributed by atoms with Crippen LogP contribution in [0.25, 0.3) is 0 Å². The number of carbonyl (C=O) groups is 1. The van der Waals surface area contributed by atoms with Crippen LogP contribution in [0.5, 0.6) is 5.75 Å². The second-order valence-corrected chi connectivity index (χ2v) is 10.5. The molecule has 0 fully saturated rings. The summed E-state index contributed by atoms with van der Waals surface area (Å²) in [5.41, 5.74) is 4.93. The first-order valence-corrected chi connectivity index (χ1v) is 10.9. The molecule has 1 N–H and O–H groups in total. The predicted octanol–water partition coefficient (Wildman–Crippen LogP) is 7.31. The van der Waals surface area contributed by atoms with E-state index in [1.54, 1.807) is 0 Å². The first-order valence-electron chi connectivity index (χ1n) is 10.9. The number of hydrogen-bond acceptors (Lipinski definition) is 2. The molecule has 0 amide bonds. The Hall–Kier alpha value is -2.87. The molecule has 0 aromatic heterocycles. The Kier molecular flexibility index (Phi) is 6.14. The summed E-state index contributed by atoms with van der Waals surface area (Å²) in [7, 11) is 0. The third-order valence-corrected chi connectivity index (χ3v) is 5.81. The number of phenolic OH excluding ortho intramolecular Hbond substituents is 1. The summed E-state index contributed by atoms with van der Waals surface area (Å²) in [4.78, 5) is 13.8. The lowest BCUT2D eigenvalue weighted by Gasteiger charge is -2.30. The third-order valence-electron chi connectivity index (χ3n) is 5.81. The number of benzene rings is 3. The first kappa shape index (κ1) is 22.8. The molecule has 0 saturated carbocycles. The molecule has 0 spiro atoms. The third kappa shape index (κ3) is 4.90. The minimum absolute atomic E-state index is 0.0663. The molecule has 3 aromatic rings. The Bertz CT molecular complexity index is 1030. The molecule has 3 rings (SSSR count). The Balaban J connectivity index is 2.29. The van der Waals surface area contributed by atoms with Gasteiger partial charge in [-0.1, -0.05) is 114 Å². The van der Waals surface area contributed by atoms with Crippen molar-refractivity contribution in [3.8, 4) is 5.75 Å². The summed E-state index contributed by atoms with van der Waals surface area (Å²) in [6.07, 6.45) is 0. The molecule has 0 saturated heterocycles. The summed E-state index contributed by atoms with van der Waals surface area (Å²) >= 11 is 0. The fourth-order valence-electron chi connectivity index (χ4n) is 3.99. The zero-order valence-corrected chi connectivity index (χ0v) is 19.8. The van der Waals surface area contributed by atoms with Crippen LogP contribution >= 0.6 is 0 Å². The smallest absolute Gasteiger partial charge is 0.174 e. The summed E-state index contributed by atoms with van der Waals surface area (Å²) in [6.45, 7) is 14.6. The second-order valence-electron chi connectivity index (χ2n) is 10.5. The number of phenols is 1. The highest BCUT2D eigenvalue weighted by Crippen LogP contribution is 2.42. The van der Waals surface area contributed by atoms with Gasteiger partial charge in [-0.3, -0.25) is 4.79 Å². The molecule has 0 heterocycles.